The second-order valence-electron chi connectivity index (χ2n) is 5.39. The smallest absolute Gasteiger partial charge is 0.125 e. The lowest BCUT2D eigenvalue weighted by atomic mass is 9.82. The van der Waals surface area contributed by atoms with Gasteiger partial charge >= 0.3 is 0 Å². The van der Waals surface area contributed by atoms with Crippen molar-refractivity contribution < 1.29 is 8.78 Å². The summed E-state index contributed by atoms with van der Waals surface area (Å²) in [6, 6.07) is 0.454. The molecular weight excluding hydrogens is 220 g/mol. The molecule has 1 fully saturated rings. The van der Waals surface area contributed by atoms with Crippen molar-refractivity contribution in [3.05, 3.63) is 12.2 Å². The maximum Gasteiger partial charge on any atom is 0.125 e. The predicted octanol–water partition coefficient (Wildman–Crippen LogP) is 3.41. The lowest BCUT2D eigenvalue weighted by Crippen LogP contribution is -2.44. The molecule has 2 rings (SSSR count). The summed E-state index contributed by atoms with van der Waals surface area (Å²) < 4.78 is 27.7. The monoisotopic (exact) mass is 243 g/mol. The van der Waals surface area contributed by atoms with Crippen LogP contribution in [0.1, 0.15) is 39.5 Å². The molecule has 1 saturated heterocycles. The average Bonchev–Trinajstić information content (AvgIpc) is 2.72. The van der Waals surface area contributed by atoms with E-state index in [4.69, 9.17) is 0 Å². The van der Waals surface area contributed by atoms with Crippen LogP contribution in [0.4, 0.5) is 8.78 Å². The van der Waals surface area contributed by atoms with Crippen LogP contribution >= 0.6 is 0 Å². The number of allylic oxidation sites excluding steroid dienone is 2. The standard InChI is InChI=1S/C14H23F2N/c1-3-9-8-13(17-12(9)4-2)14-10(15)6-5-7-11(14)16/h5-6,9-14,17H,3-4,7-8H2,1-2H3. The van der Waals surface area contributed by atoms with Crippen molar-refractivity contribution in [2.24, 2.45) is 11.8 Å². The zero-order chi connectivity index (χ0) is 12.4. The number of halogens is 2. The summed E-state index contributed by atoms with van der Waals surface area (Å²) in [6.07, 6.45) is 4.46. The van der Waals surface area contributed by atoms with Crippen molar-refractivity contribution in [1.29, 1.82) is 0 Å². The van der Waals surface area contributed by atoms with Crippen LogP contribution in [0, 0.1) is 11.8 Å². The molecule has 0 saturated carbocycles. The summed E-state index contributed by atoms with van der Waals surface area (Å²) in [5, 5.41) is 3.46. The fourth-order valence-corrected chi connectivity index (χ4v) is 3.44. The molecule has 6 atom stereocenters. The van der Waals surface area contributed by atoms with Crippen molar-refractivity contribution in [2.75, 3.05) is 0 Å². The van der Waals surface area contributed by atoms with E-state index in [2.05, 4.69) is 19.2 Å². The van der Waals surface area contributed by atoms with Crippen molar-refractivity contribution in [3.8, 4) is 0 Å². The van der Waals surface area contributed by atoms with Crippen LogP contribution in [0.2, 0.25) is 0 Å². The number of hydrogen-bond acceptors (Lipinski definition) is 1. The summed E-state index contributed by atoms with van der Waals surface area (Å²) in [4.78, 5) is 0. The van der Waals surface area contributed by atoms with Gasteiger partial charge in [0.1, 0.15) is 12.3 Å². The first-order chi connectivity index (χ1) is 8.17. The Morgan fingerprint density at radius 2 is 2.00 bits per heavy atom. The van der Waals surface area contributed by atoms with Gasteiger partial charge in [-0.2, -0.15) is 0 Å². The van der Waals surface area contributed by atoms with E-state index in [0.717, 1.165) is 19.3 Å². The number of rotatable bonds is 3. The second kappa shape index (κ2) is 5.47. The van der Waals surface area contributed by atoms with Crippen LogP contribution in [0.5, 0.6) is 0 Å². The van der Waals surface area contributed by atoms with Crippen LogP contribution in [0.3, 0.4) is 0 Å². The van der Waals surface area contributed by atoms with Crippen LogP contribution in [-0.4, -0.2) is 24.4 Å². The van der Waals surface area contributed by atoms with E-state index in [1.165, 1.54) is 6.08 Å². The summed E-state index contributed by atoms with van der Waals surface area (Å²) in [5.41, 5.74) is 0. The first-order valence-corrected chi connectivity index (χ1v) is 6.88. The molecule has 1 heterocycles. The molecule has 1 aliphatic heterocycles. The van der Waals surface area contributed by atoms with Gasteiger partial charge in [0.2, 0.25) is 0 Å². The molecule has 0 spiro atoms. The largest absolute Gasteiger partial charge is 0.310 e. The van der Waals surface area contributed by atoms with Crippen LogP contribution in [0.15, 0.2) is 12.2 Å². The van der Waals surface area contributed by atoms with E-state index in [1.807, 2.05) is 0 Å². The van der Waals surface area contributed by atoms with E-state index >= 15 is 0 Å². The van der Waals surface area contributed by atoms with E-state index in [9.17, 15) is 8.78 Å². The number of hydrogen-bond donors (Lipinski definition) is 1. The highest BCUT2D eigenvalue weighted by atomic mass is 19.1. The van der Waals surface area contributed by atoms with Gasteiger partial charge in [-0.15, -0.1) is 0 Å². The molecule has 6 unspecified atom stereocenters. The molecule has 2 aliphatic rings. The zero-order valence-corrected chi connectivity index (χ0v) is 10.7. The molecule has 98 valence electrons. The van der Waals surface area contributed by atoms with Gasteiger partial charge in [0.05, 0.1) is 0 Å². The topological polar surface area (TPSA) is 12.0 Å². The van der Waals surface area contributed by atoms with Gasteiger partial charge in [0.25, 0.3) is 0 Å². The van der Waals surface area contributed by atoms with Gasteiger partial charge < -0.3 is 5.32 Å². The molecule has 1 N–H and O–H groups in total. The molecule has 3 heteroatoms. The van der Waals surface area contributed by atoms with Gasteiger partial charge in [-0.3, -0.25) is 0 Å². The first kappa shape index (κ1) is 13.0. The molecule has 0 aromatic carbocycles. The minimum Gasteiger partial charge on any atom is -0.310 e. The molecule has 0 amide bonds. The summed E-state index contributed by atoms with van der Waals surface area (Å²) in [5.74, 6) is 0.0981. The Balaban J connectivity index is 2.05. The molecule has 0 aromatic heterocycles. The van der Waals surface area contributed by atoms with E-state index in [0.29, 0.717) is 18.4 Å². The zero-order valence-electron chi connectivity index (χ0n) is 10.7. The van der Waals surface area contributed by atoms with Crippen LogP contribution < -0.4 is 5.32 Å². The van der Waals surface area contributed by atoms with Crippen molar-refractivity contribution in [1.82, 2.24) is 5.32 Å². The van der Waals surface area contributed by atoms with Gasteiger partial charge in [-0.1, -0.05) is 32.4 Å². The summed E-state index contributed by atoms with van der Waals surface area (Å²) in [7, 11) is 0. The van der Waals surface area contributed by atoms with Gasteiger partial charge in [0, 0.05) is 18.0 Å². The molecule has 0 aromatic rings. The van der Waals surface area contributed by atoms with Gasteiger partial charge in [0.15, 0.2) is 0 Å². The Bertz CT molecular complexity index is 267. The Kier molecular flexibility index (Phi) is 4.18. The van der Waals surface area contributed by atoms with Gasteiger partial charge in [-0.05, 0) is 25.2 Å². The van der Waals surface area contributed by atoms with Gasteiger partial charge in [-0.25, -0.2) is 8.78 Å². The predicted molar refractivity (Wildman–Crippen MR) is 66.4 cm³/mol. The Labute approximate surface area is 103 Å². The third-order valence-electron chi connectivity index (χ3n) is 4.45. The molecule has 0 radical (unpaired) electrons. The molecular formula is C14H23F2N. The van der Waals surface area contributed by atoms with E-state index < -0.39 is 18.3 Å². The highest BCUT2D eigenvalue weighted by molar-refractivity contribution is 5.07. The molecule has 1 aliphatic carbocycles. The Hall–Kier alpha value is -0.440. The number of alkyl halides is 2. The average molecular weight is 243 g/mol. The minimum absolute atomic E-state index is 0.0137. The summed E-state index contributed by atoms with van der Waals surface area (Å²) >= 11 is 0. The fourth-order valence-electron chi connectivity index (χ4n) is 3.44. The highest BCUT2D eigenvalue weighted by Crippen LogP contribution is 2.36. The Morgan fingerprint density at radius 3 is 2.53 bits per heavy atom. The Morgan fingerprint density at radius 1 is 1.24 bits per heavy atom. The SMILES string of the molecule is CCC1CC(C2C(F)C=CCC2F)NC1CC. The quantitative estimate of drug-likeness (QED) is 0.749. The van der Waals surface area contributed by atoms with E-state index in [1.54, 1.807) is 6.08 Å². The van der Waals surface area contributed by atoms with Crippen molar-refractivity contribution in [3.63, 3.8) is 0 Å². The molecule has 1 nitrogen and oxygen atoms in total. The first-order valence-electron chi connectivity index (χ1n) is 6.88. The van der Waals surface area contributed by atoms with Crippen molar-refractivity contribution in [2.45, 2.75) is 64.0 Å². The highest BCUT2D eigenvalue weighted by Gasteiger charge is 2.43. The van der Waals surface area contributed by atoms with Crippen LogP contribution in [-0.2, 0) is 0 Å². The number of nitrogens with one attached hydrogen (secondary N) is 1. The normalized spacial score (nSPS) is 46.4. The maximum atomic E-state index is 13.9. The van der Waals surface area contributed by atoms with Crippen LogP contribution in [0.25, 0.3) is 0 Å². The maximum absolute atomic E-state index is 13.9. The summed E-state index contributed by atoms with van der Waals surface area (Å²) in [6.45, 7) is 4.31. The fraction of sp³-hybridized carbons (Fsp3) is 0.857. The van der Waals surface area contributed by atoms with Crippen molar-refractivity contribution >= 4 is 0 Å². The third kappa shape index (κ3) is 2.54. The van der Waals surface area contributed by atoms with E-state index in [-0.39, 0.29) is 6.04 Å². The molecule has 0 bridgehead atoms. The third-order valence-corrected chi connectivity index (χ3v) is 4.45. The lowest BCUT2D eigenvalue weighted by Gasteiger charge is -2.31. The second-order valence-corrected chi connectivity index (χ2v) is 5.39. The minimum atomic E-state index is -1.12. The lowest BCUT2D eigenvalue weighted by molar-refractivity contribution is 0.111. The molecule has 17 heavy (non-hydrogen) atoms.